The van der Waals surface area contributed by atoms with E-state index in [2.05, 4.69) is 10.1 Å². The number of hydrogen-bond acceptors (Lipinski definition) is 5. The molecular weight excluding hydrogens is 325 g/mol. The van der Waals surface area contributed by atoms with Crippen molar-refractivity contribution in [2.45, 2.75) is 38.4 Å². The van der Waals surface area contributed by atoms with Gasteiger partial charge in [0.2, 0.25) is 17.6 Å². The highest BCUT2D eigenvalue weighted by molar-refractivity contribution is 5.78. The summed E-state index contributed by atoms with van der Waals surface area (Å²) in [5.41, 5.74) is 0.694. The van der Waals surface area contributed by atoms with Crippen molar-refractivity contribution >= 4 is 5.91 Å². The molecule has 0 N–H and O–H groups in total. The third kappa shape index (κ3) is 3.42. The monoisotopic (exact) mass is 345 g/mol. The van der Waals surface area contributed by atoms with Crippen molar-refractivity contribution in [1.82, 2.24) is 15.0 Å². The number of rotatable bonds is 3. The van der Waals surface area contributed by atoms with Crippen molar-refractivity contribution in [3.63, 3.8) is 0 Å². The van der Waals surface area contributed by atoms with Gasteiger partial charge in [0.15, 0.2) is 0 Å². The summed E-state index contributed by atoms with van der Waals surface area (Å²) in [6.07, 6.45) is 1.80. The van der Waals surface area contributed by atoms with E-state index in [1.807, 2.05) is 4.90 Å². The Labute approximate surface area is 145 Å². The van der Waals surface area contributed by atoms with Crippen LogP contribution >= 0.6 is 0 Å². The zero-order valence-corrected chi connectivity index (χ0v) is 14.0. The van der Waals surface area contributed by atoms with Crippen molar-refractivity contribution in [2.24, 2.45) is 5.92 Å². The molecule has 1 amide bonds. The smallest absolute Gasteiger partial charge is 0.227 e. The fourth-order valence-corrected chi connectivity index (χ4v) is 3.70. The summed E-state index contributed by atoms with van der Waals surface area (Å²) in [4.78, 5) is 18.6. The summed E-state index contributed by atoms with van der Waals surface area (Å²) in [6.45, 7) is 3.02. The molecular formula is C18H20FN3O3. The molecule has 2 aromatic rings. The number of aryl methyl sites for hydroxylation is 1. The SMILES string of the molecule is Cc1nc([C@@H]2C[C@@H]3CCN(C(=O)Cc4cccc(F)c4)C[C@H]3O2)no1. The summed E-state index contributed by atoms with van der Waals surface area (Å²) in [7, 11) is 0. The van der Waals surface area contributed by atoms with E-state index in [0.717, 1.165) is 12.8 Å². The van der Waals surface area contributed by atoms with Crippen LogP contribution in [-0.2, 0) is 16.0 Å². The molecule has 0 spiro atoms. The van der Waals surface area contributed by atoms with E-state index in [-0.39, 0.29) is 30.4 Å². The third-order valence-electron chi connectivity index (χ3n) is 4.98. The highest BCUT2D eigenvalue weighted by Gasteiger charge is 2.42. The molecule has 2 fully saturated rings. The van der Waals surface area contributed by atoms with E-state index >= 15 is 0 Å². The molecule has 0 aliphatic carbocycles. The number of ether oxygens (including phenoxy) is 1. The number of carbonyl (C=O) groups is 1. The van der Waals surface area contributed by atoms with Crippen molar-refractivity contribution in [2.75, 3.05) is 13.1 Å². The average molecular weight is 345 g/mol. The topological polar surface area (TPSA) is 68.5 Å². The predicted molar refractivity (Wildman–Crippen MR) is 86.1 cm³/mol. The number of fused-ring (bicyclic) bond motifs is 1. The minimum absolute atomic E-state index is 0.00554. The van der Waals surface area contributed by atoms with Crippen LogP contribution in [0.3, 0.4) is 0 Å². The Morgan fingerprint density at radius 2 is 2.32 bits per heavy atom. The molecule has 7 heteroatoms. The maximum atomic E-state index is 13.3. The fourth-order valence-electron chi connectivity index (χ4n) is 3.70. The van der Waals surface area contributed by atoms with Crippen LogP contribution in [0.25, 0.3) is 0 Å². The largest absolute Gasteiger partial charge is 0.365 e. The van der Waals surface area contributed by atoms with Gasteiger partial charge in [-0.05, 0) is 36.5 Å². The van der Waals surface area contributed by atoms with Crippen LogP contribution in [0.2, 0.25) is 0 Å². The zero-order valence-electron chi connectivity index (χ0n) is 14.0. The molecule has 6 nitrogen and oxygen atoms in total. The zero-order chi connectivity index (χ0) is 17.4. The molecule has 2 saturated heterocycles. The molecule has 3 atom stereocenters. The van der Waals surface area contributed by atoms with Gasteiger partial charge < -0.3 is 14.2 Å². The Morgan fingerprint density at radius 3 is 3.08 bits per heavy atom. The van der Waals surface area contributed by atoms with Gasteiger partial charge >= 0.3 is 0 Å². The Hall–Kier alpha value is -2.28. The highest BCUT2D eigenvalue weighted by atomic mass is 19.1. The Bertz CT molecular complexity index is 778. The van der Waals surface area contributed by atoms with E-state index in [4.69, 9.17) is 9.26 Å². The first-order chi connectivity index (χ1) is 12.1. The van der Waals surface area contributed by atoms with Crippen LogP contribution in [0.5, 0.6) is 0 Å². The quantitative estimate of drug-likeness (QED) is 0.855. The van der Waals surface area contributed by atoms with Crippen LogP contribution in [0.1, 0.15) is 36.2 Å². The van der Waals surface area contributed by atoms with E-state index in [1.165, 1.54) is 12.1 Å². The summed E-state index contributed by atoms with van der Waals surface area (Å²) in [5.74, 6) is 1.21. The first kappa shape index (κ1) is 16.2. The summed E-state index contributed by atoms with van der Waals surface area (Å²) < 4.78 is 24.4. The number of aromatic nitrogens is 2. The van der Waals surface area contributed by atoms with Gasteiger partial charge in [0.05, 0.1) is 12.5 Å². The van der Waals surface area contributed by atoms with E-state index in [0.29, 0.717) is 36.3 Å². The second-order valence-electron chi connectivity index (χ2n) is 6.77. The second-order valence-corrected chi connectivity index (χ2v) is 6.77. The van der Waals surface area contributed by atoms with Gasteiger partial charge in [-0.2, -0.15) is 4.98 Å². The number of benzene rings is 1. The van der Waals surface area contributed by atoms with E-state index in [9.17, 15) is 9.18 Å². The minimum atomic E-state index is -0.318. The highest BCUT2D eigenvalue weighted by Crippen LogP contribution is 2.40. The predicted octanol–water partition coefficient (Wildman–Crippen LogP) is 2.44. The average Bonchev–Trinajstić information content (AvgIpc) is 3.19. The lowest BCUT2D eigenvalue weighted by molar-refractivity contribution is -0.135. The number of carbonyl (C=O) groups excluding carboxylic acids is 1. The number of amides is 1. The molecule has 4 rings (SSSR count). The molecule has 3 heterocycles. The molecule has 0 saturated carbocycles. The van der Waals surface area contributed by atoms with Gasteiger partial charge in [-0.15, -0.1) is 0 Å². The van der Waals surface area contributed by atoms with Crippen molar-refractivity contribution in [3.05, 3.63) is 47.4 Å². The van der Waals surface area contributed by atoms with Gasteiger partial charge in [-0.1, -0.05) is 17.3 Å². The summed E-state index contributed by atoms with van der Waals surface area (Å²) in [5, 5.41) is 3.95. The molecule has 0 radical (unpaired) electrons. The Morgan fingerprint density at radius 1 is 1.44 bits per heavy atom. The number of hydrogen-bond donors (Lipinski definition) is 0. The van der Waals surface area contributed by atoms with Gasteiger partial charge in [-0.25, -0.2) is 4.39 Å². The van der Waals surface area contributed by atoms with Crippen LogP contribution in [0.15, 0.2) is 28.8 Å². The lowest BCUT2D eigenvalue weighted by Gasteiger charge is -2.34. The number of nitrogens with zero attached hydrogens (tertiary/aromatic N) is 3. The van der Waals surface area contributed by atoms with E-state index < -0.39 is 0 Å². The fraction of sp³-hybridized carbons (Fsp3) is 0.500. The molecule has 2 aliphatic rings. The van der Waals surface area contributed by atoms with Crippen LogP contribution in [0, 0.1) is 18.7 Å². The van der Waals surface area contributed by atoms with Crippen molar-refractivity contribution in [1.29, 1.82) is 0 Å². The first-order valence-electron chi connectivity index (χ1n) is 8.56. The standard InChI is InChI=1S/C18H20FN3O3/c1-11-20-18(21-25-11)15-9-13-5-6-22(10-16(13)24-15)17(23)8-12-3-2-4-14(19)7-12/h2-4,7,13,15-16H,5-6,8-10H2,1H3/t13-,15-,16+/m0/s1. The molecule has 0 unspecified atom stereocenters. The maximum absolute atomic E-state index is 13.3. The molecule has 0 bridgehead atoms. The Kier molecular flexibility index (Phi) is 4.25. The van der Waals surface area contributed by atoms with Crippen LogP contribution in [-0.4, -0.2) is 40.1 Å². The van der Waals surface area contributed by atoms with Crippen LogP contribution in [0.4, 0.5) is 4.39 Å². The molecule has 2 aliphatic heterocycles. The number of piperidine rings is 1. The van der Waals surface area contributed by atoms with Crippen LogP contribution < -0.4 is 0 Å². The molecule has 1 aromatic carbocycles. The van der Waals surface area contributed by atoms with Gasteiger partial charge in [0, 0.05) is 20.0 Å². The Balaban J connectivity index is 1.38. The second kappa shape index (κ2) is 6.55. The lowest BCUT2D eigenvalue weighted by atomic mass is 9.91. The minimum Gasteiger partial charge on any atom is -0.365 e. The molecule has 132 valence electrons. The maximum Gasteiger partial charge on any atom is 0.227 e. The normalized spacial score (nSPS) is 25.8. The van der Waals surface area contributed by atoms with E-state index in [1.54, 1.807) is 19.1 Å². The summed E-state index contributed by atoms with van der Waals surface area (Å²) in [6, 6.07) is 6.19. The lowest BCUT2D eigenvalue weighted by Crippen LogP contribution is -2.45. The number of halogens is 1. The third-order valence-corrected chi connectivity index (χ3v) is 4.98. The molecule has 25 heavy (non-hydrogen) atoms. The summed E-state index contributed by atoms with van der Waals surface area (Å²) >= 11 is 0. The van der Waals surface area contributed by atoms with Crippen molar-refractivity contribution < 1.29 is 18.4 Å². The van der Waals surface area contributed by atoms with Gasteiger partial charge in [0.25, 0.3) is 0 Å². The van der Waals surface area contributed by atoms with Gasteiger partial charge in [0.1, 0.15) is 11.9 Å². The van der Waals surface area contributed by atoms with Crippen molar-refractivity contribution in [3.8, 4) is 0 Å². The number of likely N-dealkylation sites (tertiary alicyclic amines) is 1. The first-order valence-corrected chi connectivity index (χ1v) is 8.56. The molecule has 1 aromatic heterocycles. The van der Waals surface area contributed by atoms with Gasteiger partial charge in [-0.3, -0.25) is 4.79 Å².